The summed E-state index contributed by atoms with van der Waals surface area (Å²) in [6, 6.07) is 7.99. The average molecular weight is 354 g/mol. The van der Waals surface area contributed by atoms with Crippen LogP contribution in [0, 0.1) is 5.92 Å². The summed E-state index contributed by atoms with van der Waals surface area (Å²) >= 11 is 0. The maximum atomic E-state index is 12.5. The number of nitrogens with one attached hydrogen (secondary N) is 1. The van der Waals surface area contributed by atoms with Crippen molar-refractivity contribution < 1.29 is 14.1 Å². The van der Waals surface area contributed by atoms with Crippen molar-refractivity contribution in [2.24, 2.45) is 5.92 Å². The fraction of sp³-hybridized carbons (Fsp3) is 0.474. The van der Waals surface area contributed by atoms with Crippen LogP contribution in [0.4, 0.5) is 0 Å². The standard InChI is InChI=1S/C19H22N4O3/c24-17-9-15(11-23(17)16-3-1-2-4-16)19(25)20-10-13-5-7-14(8-6-13)18-21-12-26-22-18/h5-8,12,15-16H,1-4,9-11H2,(H,20,25)/t15-/m1/s1. The maximum absolute atomic E-state index is 12.5. The van der Waals surface area contributed by atoms with Crippen LogP contribution in [0.15, 0.2) is 35.2 Å². The second-order valence-corrected chi connectivity index (χ2v) is 7.05. The van der Waals surface area contributed by atoms with Gasteiger partial charge in [0, 0.05) is 31.1 Å². The molecule has 2 aromatic rings. The molecule has 26 heavy (non-hydrogen) atoms. The molecule has 2 heterocycles. The van der Waals surface area contributed by atoms with Gasteiger partial charge < -0.3 is 14.7 Å². The van der Waals surface area contributed by atoms with E-state index in [0.717, 1.165) is 24.0 Å². The van der Waals surface area contributed by atoms with Crippen molar-refractivity contribution >= 4 is 11.8 Å². The molecule has 1 aromatic heterocycles. The summed E-state index contributed by atoms with van der Waals surface area (Å²) in [4.78, 5) is 30.6. The first-order valence-electron chi connectivity index (χ1n) is 9.13. The number of carbonyl (C=O) groups is 2. The van der Waals surface area contributed by atoms with Crippen LogP contribution < -0.4 is 5.32 Å². The summed E-state index contributed by atoms with van der Waals surface area (Å²) in [5.74, 6) is 0.390. The van der Waals surface area contributed by atoms with Gasteiger partial charge in [-0.2, -0.15) is 4.98 Å². The van der Waals surface area contributed by atoms with E-state index >= 15 is 0 Å². The van der Waals surface area contributed by atoms with Gasteiger partial charge >= 0.3 is 0 Å². The van der Waals surface area contributed by atoms with Crippen LogP contribution in [0.1, 0.15) is 37.7 Å². The molecule has 0 bridgehead atoms. The van der Waals surface area contributed by atoms with Crippen LogP contribution in [0.25, 0.3) is 11.4 Å². The summed E-state index contributed by atoms with van der Waals surface area (Å²) in [7, 11) is 0. The van der Waals surface area contributed by atoms with Gasteiger partial charge in [0.15, 0.2) is 0 Å². The van der Waals surface area contributed by atoms with Crippen molar-refractivity contribution in [3.8, 4) is 11.4 Å². The van der Waals surface area contributed by atoms with Crippen LogP contribution in [0.2, 0.25) is 0 Å². The number of amides is 2. The Morgan fingerprint density at radius 1 is 1.23 bits per heavy atom. The van der Waals surface area contributed by atoms with E-state index in [2.05, 4.69) is 15.5 Å². The van der Waals surface area contributed by atoms with Crippen molar-refractivity contribution in [3.05, 3.63) is 36.2 Å². The lowest BCUT2D eigenvalue weighted by Crippen LogP contribution is -2.36. The zero-order valence-electron chi connectivity index (χ0n) is 14.6. The van der Waals surface area contributed by atoms with Crippen molar-refractivity contribution in [2.45, 2.75) is 44.7 Å². The third kappa shape index (κ3) is 3.47. The summed E-state index contributed by atoms with van der Waals surface area (Å²) in [6.45, 7) is 1.01. The number of rotatable bonds is 5. The molecule has 1 N–H and O–H groups in total. The van der Waals surface area contributed by atoms with Gasteiger partial charge in [-0.1, -0.05) is 42.3 Å². The van der Waals surface area contributed by atoms with E-state index in [1.165, 1.54) is 19.2 Å². The number of likely N-dealkylation sites (tertiary alicyclic amines) is 1. The number of aromatic nitrogens is 2. The summed E-state index contributed by atoms with van der Waals surface area (Å²) in [5, 5.41) is 6.76. The topological polar surface area (TPSA) is 88.3 Å². The molecule has 7 nitrogen and oxygen atoms in total. The zero-order valence-corrected chi connectivity index (χ0v) is 14.6. The minimum absolute atomic E-state index is 0.0407. The van der Waals surface area contributed by atoms with E-state index in [-0.39, 0.29) is 17.7 Å². The molecule has 1 aliphatic carbocycles. The average Bonchev–Trinajstić information content (AvgIpc) is 3.41. The predicted octanol–water partition coefficient (Wildman–Crippen LogP) is 2.14. The van der Waals surface area contributed by atoms with E-state index in [1.54, 1.807) is 0 Å². The first-order valence-corrected chi connectivity index (χ1v) is 9.13. The molecule has 0 unspecified atom stereocenters. The van der Waals surface area contributed by atoms with E-state index in [4.69, 9.17) is 4.52 Å². The monoisotopic (exact) mass is 354 g/mol. The Bertz CT molecular complexity index is 767. The fourth-order valence-corrected chi connectivity index (χ4v) is 3.88. The molecule has 2 aliphatic rings. The molecule has 4 rings (SSSR count). The van der Waals surface area contributed by atoms with Crippen molar-refractivity contribution in [1.29, 1.82) is 0 Å². The molecule has 0 radical (unpaired) electrons. The molecule has 7 heteroatoms. The van der Waals surface area contributed by atoms with Crippen molar-refractivity contribution in [1.82, 2.24) is 20.4 Å². The fourth-order valence-electron chi connectivity index (χ4n) is 3.88. The molecular formula is C19H22N4O3. The Labute approximate surface area is 151 Å². The molecule has 1 atom stereocenters. The lowest BCUT2D eigenvalue weighted by atomic mass is 10.1. The van der Waals surface area contributed by atoms with Crippen LogP contribution >= 0.6 is 0 Å². The van der Waals surface area contributed by atoms with Gasteiger partial charge in [-0.3, -0.25) is 9.59 Å². The van der Waals surface area contributed by atoms with Crippen LogP contribution in [-0.4, -0.2) is 39.4 Å². The van der Waals surface area contributed by atoms with Crippen LogP contribution in [-0.2, 0) is 16.1 Å². The molecule has 0 spiro atoms. The number of carbonyl (C=O) groups excluding carboxylic acids is 2. The highest BCUT2D eigenvalue weighted by molar-refractivity contribution is 5.89. The van der Waals surface area contributed by atoms with Gasteiger partial charge in [-0.15, -0.1) is 0 Å². The quantitative estimate of drug-likeness (QED) is 0.889. The van der Waals surface area contributed by atoms with Gasteiger partial charge in [0.1, 0.15) is 0 Å². The van der Waals surface area contributed by atoms with Gasteiger partial charge in [-0.25, -0.2) is 0 Å². The Morgan fingerprint density at radius 2 is 2.00 bits per heavy atom. The van der Waals surface area contributed by atoms with Gasteiger partial charge in [0.05, 0.1) is 5.92 Å². The van der Waals surface area contributed by atoms with E-state index < -0.39 is 0 Å². The first kappa shape index (κ1) is 16.8. The Balaban J connectivity index is 1.30. The Morgan fingerprint density at radius 3 is 2.69 bits per heavy atom. The lowest BCUT2D eigenvalue weighted by Gasteiger charge is -2.23. The highest BCUT2D eigenvalue weighted by Gasteiger charge is 2.38. The van der Waals surface area contributed by atoms with Crippen molar-refractivity contribution in [2.75, 3.05) is 6.54 Å². The molecule has 2 fully saturated rings. The third-order valence-corrected chi connectivity index (χ3v) is 5.33. The largest absolute Gasteiger partial charge is 0.352 e. The molecule has 1 aliphatic heterocycles. The molecule has 2 amide bonds. The zero-order chi connectivity index (χ0) is 17.9. The summed E-state index contributed by atoms with van der Waals surface area (Å²) in [6.07, 6.45) is 6.15. The minimum atomic E-state index is -0.235. The highest BCUT2D eigenvalue weighted by Crippen LogP contribution is 2.29. The normalized spacial score (nSPS) is 20.7. The van der Waals surface area contributed by atoms with Crippen LogP contribution in [0.5, 0.6) is 0 Å². The Hall–Kier alpha value is -2.70. The minimum Gasteiger partial charge on any atom is -0.352 e. The SMILES string of the molecule is O=C(NCc1ccc(-c2ncon2)cc1)[C@@H]1CC(=O)N(C2CCCC2)C1. The predicted molar refractivity (Wildman–Crippen MR) is 93.7 cm³/mol. The number of benzene rings is 1. The van der Waals surface area contributed by atoms with Gasteiger partial charge in [0.25, 0.3) is 0 Å². The highest BCUT2D eigenvalue weighted by atomic mass is 16.5. The third-order valence-electron chi connectivity index (χ3n) is 5.33. The Kier molecular flexibility index (Phi) is 4.69. The van der Waals surface area contributed by atoms with E-state index in [9.17, 15) is 9.59 Å². The second-order valence-electron chi connectivity index (χ2n) is 7.05. The first-order chi connectivity index (χ1) is 12.7. The van der Waals surface area contributed by atoms with Crippen molar-refractivity contribution in [3.63, 3.8) is 0 Å². The summed E-state index contributed by atoms with van der Waals surface area (Å²) < 4.78 is 4.74. The van der Waals surface area contributed by atoms with E-state index in [1.807, 2.05) is 29.2 Å². The molecule has 136 valence electrons. The molecular weight excluding hydrogens is 332 g/mol. The van der Waals surface area contributed by atoms with Gasteiger partial charge in [0.2, 0.25) is 24.0 Å². The van der Waals surface area contributed by atoms with E-state index in [0.29, 0.717) is 31.4 Å². The second kappa shape index (κ2) is 7.27. The maximum Gasteiger partial charge on any atom is 0.225 e. The number of hydrogen-bond acceptors (Lipinski definition) is 5. The van der Waals surface area contributed by atoms with Gasteiger partial charge in [-0.05, 0) is 18.4 Å². The van der Waals surface area contributed by atoms with Crippen LogP contribution in [0.3, 0.4) is 0 Å². The summed E-state index contributed by atoms with van der Waals surface area (Å²) in [5.41, 5.74) is 1.85. The smallest absolute Gasteiger partial charge is 0.225 e. The lowest BCUT2D eigenvalue weighted by molar-refractivity contribution is -0.130. The number of nitrogens with zero attached hydrogens (tertiary/aromatic N) is 3. The molecule has 1 saturated heterocycles. The molecule has 1 aromatic carbocycles. The molecule has 1 saturated carbocycles. The number of hydrogen-bond donors (Lipinski definition) is 1.